The van der Waals surface area contributed by atoms with Crippen molar-refractivity contribution in [3.63, 3.8) is 0 Å². The van der Waals surface area contributed by atoms with Crippen LogP contribution in [0.3, 0.4) is 0 Å². The van der Waals surface area contributed by atoms with Gasteiger partial charge in [0.2, 0.25) is 11.8 Å². The summed E-state index contributed by atoms with van der Waals surface area (Å²) in [4.78, 5) is 42.1. The summed E-state index contributed by atoms with van der Waals surface area (Å²) >= 11 is 0. The molecular formula is C29H47N3O4. The Kier molecular flexibility index (Phi) is 10.8. The third kappa shape index (κ3) is 8.24. The first-order chi connectivity index (χ1) is 16.9. The van der Waals surface area contributed by atoms with Crippen molar-refractivity contribution in [3.8, 4) is 0 Å². The first-order valence-corrected chi connectivity index (χ1v) is 13.5. The van der Waals surface area contributed by atoms with Gasteiger partial charge in [0.1, 0.15) is 17.7 Å². The molecule has 0 radical (unpaired) electrons. The number of nitrogens with one attached hydrogen (secondary N) is 2. The molecule has 3 amide bonds. The fourth-order valence-corrected chi connectivity index (χ4v) is 4.87. The third-order valence-corrected chi connectivity index (χ3v) is 7.01. The molecule has 202 valence electrons. The number of alkyl carbamates (subject to hydrolysis) is 1. The lowest BCUT2D eigenvalue weighted by atomic mass is 9.92. The van der Waals surface area contributed by atoms with Crippen molar-refractivity contribution >= 4 is 17.9 Å². The monoisotopic (exact) mass is 501 g/mol. The summed E-state index contributed by atoms with van der Waals surface area (Å²) in [7, 11) is 0. The van der Waals surface area contributed by atoms with Crippen LogP contribution in [0.1, 0.15) is 103 Å². The number of rotatable bonds is 9. The van der Waals surface area contributed by atoms with E-state index in [1.165, 1.54) is 6.42 Å². The minimum Gasteiger partial charge on any atom is -0.444 e. The summed E-state index contributed by atoms with van der Waals surface area (Å²) in [6, 6.07) is 4.51. The van der Waals surface area contributed by atoms with Crippen molar-refractivity contribution in [2.24, 2.45) is 5.92 Å². The van der Waals surface area contributed by atoms with Gasteiger partial charge >= 0.3 is 6.09 Å². The average Bonchev–Trinajstić information content (AvgIpc) is 2.80. The maximum absolute atomic E-state index is 14.0. The number of carbonyl (C=O) groups excluding carboxylic acids is 3. The maximum Gasteiger partial charge on any atom is 0.408 e. The Balaban J connectivity index is 2.44. The van der Waals surface area contributed by atoms with Gasteiger partial charge in [-0.25, -0.2) is 4.79 Å². The largest absolute Gasteiger partial charge is 0.444 e. The van der Waals surface area contributed by atoms with Crippen molar-refractivity contribution in [2.75, 3.05) is 6.54 Å². The molecule has 3 atom stereocenters. The highest BCUT2D eigenvalue weighted by atomic mass is 16.6. The molecule has 1 aromatic carbocycles. The number of ether oxygens (including phenoxy) is 1. The fourth-order valence-electron chi connectivity index (χ4n) is 4.87. The van der Waals surface area contributed by atoms with Gasteiger partial charge in [-0.3, -0.25) is 9.59 Å². The standard InChI is InChI=1S/C29H47N3O4/c1-9-20(4)24(31-28(35)36-29(6,7)8)27(34)32(10-2)25(23-17-16-19(3)18-21(23)5)26(33)30-22-14-12-11-13-15-22/h16-18,20,22,24-25H,9-15H2,1-8H3,(H,30,33)(H,31,35). The Morgan fingerprint density at radius 3 is 2.25 bits per heavy atom. The average molecular weight is 502 g/mol. The van der Waals surface area contributed by atoms with E-state index in [1.54, 1.807) is 25.7 Å². The Bertz CT molecular complexity index is 902. The number of nitrogens with zero attached hydrogens (tertiary/aromatic N) is 1. The van der Waals surface area contributed by atoms with Crippen molar-refractivity contribution in [1.29, 1.82) is 0 Å². The first-order valence-electron chi connectivity index (χ1n) is 13.5. The van der Waals surface area contributed by atoms with Gasteiger partial charge in [-0.05, 0) is 71.4 Å². The van der Waals surface area contributed by atoms with Crippen LogP contribution in [0.5, 0.6) is 0 Å². The third-order valence-electron chi connectivity index (χ3n) is 7.01. The number of hydrogen-bond donors (Lipinski definition) is 2. The second-order valence-electron chi connectivity index (χ2n) is 11.2. The Morgan fingerprint density at radius 1 is 1.08 bits per heavy atom. The summed E-state index contributed by atoms with van der Waals surface area (Å²) < 4.78 is 5.45. The van der Waals surface area contributed by atoms with E-state index in [0.717, 1.165) is 42.4 Å². The molecule has 0 spiro atoms. The zero-order valence-corrected chi connectivity index (χ0v) is 23.6. The molecule has 3 unspecified atom stereocenters. The molecule has 7 nitrogen and oxygen atoms in total. The lowest BCUT2D eigenvalue weighted by Crippen LogP contribution is -2.55. The predicted octanol–water partition coefficient (Wildman–Crippen LogP) is 5.58. The van der Waals surface area contributed by atoms with Crippen LogP contribution in [-0.2, 0) is 14.3 Å². The zero-order chi connectivity index (χ0) is 27.0. The minimum absolute atomic E-state index is 0.124. The summed E-state index contributed by atoms with van der Waals surface area (Å²) in [5.41, 5.74) is 2.19. The van der Waals surface area contributed by atoms with E-state index < -0.39 is 23.8 Å². The number of carbonyl (C=O) groups is 3. The van der Waals surface area contributed by atoms with E-state index in [-0.39, 0.29) is 23.8 Å². The maximum atomic E-state index is 14.0. The highest BCUT2D eigenvalue weighted by molar-refractivity contribution is 5.92. The molecule has 1 aliphatic carbocycles. The van der Waals surface area contributed by atoms with E-state index in [2.05, 4.69) is 10.6 Å². The molecule has 0 aliphatic heterocycles. The van der Waals surface area contributed by atoms with Crippen LogP contribution in [0.4, 0.5) is 4.79 Å². The number of likely N-dealkylation sites (N-methyl/N-ethyl adjacent to an activating group) is 1. The van der Waals surface area contributed by atoms with E-state index in [4.69, 9.17) is 4.74 Å². The minimum atomic E-state index is -0.805. The number of hydrogen-bond acceptors (Lipinski definition) is 4. The molecule has 1 fully saturated rings. The van der Waals surface area contributed by atoms with E-state index in [0.29, 0.717) is 13.0 Å². The highest BCUT2D eigenvalue weighted by Gasteiger charge is 2.38. The van der Waals surface area contributed by atoms with Crippen LogP contribution in [-0.4, -0.2) is 47.0 Å². The van der Waals surface area contributed by atoms with Crippen molar-refractivity contribution in [3.05, 3.63) is 34.9 Å². The van der Waals surface area contributed by atoms with Gasteiger partial charge < -0.3 is 20.3 Å². The summed E-state index contributed by atoms with van der Waals surface area (Å²) in [6.07, 6.45) is 5.37. The Hall–Kier alpha value is -2.57. The Morgan fingerprint density at radius 2 is 1.72 bits per heavy atom. The van der Waals surface area contributed by atoms with Crippen molar-refractivity contribution in [1.82, 2.24) is 15.5 Å². The molecular weight excluding hydrogens is 454 g/mol. The quantitative estimate of drug-likeness (QED) is 0.462. The van der Waals surface area contributed by atoms with Crippen LogP contribution < -0.4 is 10.6 Å². The molecule has 7 heteroatoms. The molecule has 0 heterocycles. The summed E-state index contributed by atoms with van der Waals surface area (Å²) in [5.74, 6) is -0.578. The van der Waals surface area contributed by atoms with Gasteiger partial charge in [-0.2, -0.15) is 0 Å². The molecule has 36 heavy (non-hydrogen) atoms. The summed E-state index contributed by atoms with van der Waals surface area (Å²) in [6.45, 7) is 15.5. The van der Waals surface area contributed by atoms with Crippen LogP contribution in [0, 0.1) is 19.8 Å². The summed E-state index contributed by atoms with van der Waals surface area (Å²) in [5, 5.41) is 6.04. The van der Waals surface area contributed by atoms with Gasteiger partial charge in [0.15, 0.2) is 0 Å². The van der Waals surface area contributed by atoms with Gasteiger partial charge in [-0.1, -0.05) is 63.3 Å². The SMILES string of the molecule is CCC(C)C(NC(=O)OC(C)(C)C)C(=O)N(CC)C(C(=O)NC1CCCCC1)c1ccc(C)cc1C. The highest BCUT2D eigenvalue weighted by Crippen LogP contribution is 2.28. The van der Waals surface area contributed by atoms with Crippen LogP contribution in [0.25, 0.3) is 0 Å². The normalized spacial score (nSPS) is 17.0. The fraction of sp³-hybridized carbons (Fsp3) is 0.690. The lowest BCUT2D eigenvalue weighted by Gasteiger charge is -2.37. The second-order valence-corrected chi connectivity index (χ2v) is 11.2. The van der Waals surface area contributed by atoms with Crippen molar-refractivity contribution < 1.29 is 19.1 Å². The molecule has 0 aromatic heterocycles. The second kappa shape index (κ2) is 13.1. The zero-order valence-electron chi connectivity index (χ0n) is 23.6. The van der Waals surface area contributed by atoms with E-state index >= 15 is 0 Å². The molecule has 1 saturated carbocycles. The van der Waals surface area contributed by atoms with Gasteiger partial charge in [-0.15, -0.1) is 0 Å². The smallest absolute Gasteiger partial charge is 0.408 e. The molecule has 0 bridgehead atoms. The van der Waals surface area contributed by atoms with E-state index in [1.807, 2.05) is 52.8 Å². The van der Waals surface area contributed by atoms with Crippen LogP contribution in [0.15, 0.2) is 18.2 Å². The topological polar surface area (TPSA) is 87.7 Å². The number of aryl methyl sites for hydroxylation is 2. The molecule has 1 aliphatic rings. The van der Waals surface area contributed by atoms with Crippen LogP contribution in [0.2, 0.25) is 0 Å². The van der Waals surface area contributed by atoms with Crippen LogP contribution >= 0.6 is 0 Å². The number of amides is 3. The van der Waals surface area contributed by atoms with Gasteiger partial charge in [0.05, 0.1) is 0 Å². The number of benzene rings is 1. The van der Waals surface area contributed by atoms with Gasteiger partial charge in [0, 0.05) is 12.6 Å². The molecule has 0 saturated heterocycles. The molecule has 2 N–H and O–H groups in total. The van der Waals surface area contributed by atoms with E-state index in [9.17, 15) is 14.4 Å². The van der Waals surface area contributed by atoms with Gasteiger partial charge in [0.25, 0.3) is 0 Å². The first kappa shape index (κ1) is 29.7. The molecule has 2 rings (SSSR count). The molecule has 1 aromatic rings. The Labute approximate surface area is 217 Å². The lowest BCUT2D eigenvalue weighted by molar-refractivity contribution is -0.143. The predicted molar refractivity (Wildman–Crippen MR) is 144 cm³/mol. The van der Waals surface area contributed by atoms with Crippen molar-refractivity contribution in [2.45, 2.75) is 118 Å².